The first kappa shape index (κ1) is 23.5. The van der Waals surface area contributed by atoms with Gasteiger partial charge in [0.25, 0.3) is 0 Å². The molecule has 0 saturated heterocycles. The normalized spacial score (nSPS) is 21.3. The summed E-state index contributed by atoms with van der Waals surface area (Å²) in [6.07, 6.45) is 8.35. The zero-order valence-electron chi connectivity index (χ0n) is 22.4. The Bertz CT molecular complexity index is 1640. The van der Waals surface area contributed by atoms with Crippen LogP contribution in [0, 0.1) is 5.92 Å². The van der Waals surface area contributed by atoms with Crippen molar-refractivity contribution in [2.75, 3.05) is 9.80 Å². The van der Waals surface area contributed by atoms with Crippen LogP contribution in [0.5, 0.6) is 0 Å². The Labute approximate surface area is 229 Å². The minimum Gasteiger partial charge on any atom is -0.302 e. The molecule has 192 valence electrons. The molecule has 0 radical (unpaired) electrons. The highest BCUT2D eigenvalue weighted by atomic mass is 15.5. The molecule has 0 aliphatic carbocycles. The molecule has 5 heterocycles. The number of benzene rings is 2. The van der Waals surface area contributed by atoms with E-state index >= 15 is 0 Å². The molecule has 2 aliphatic rings. The number of hydrogen-bond acceptors (Lipinski definition) is 6. The molecule has 6 nitrogen and oxygen atoms in total. The Kier molecular flexibility index (Phi) is 5.44. The Morgan fingerprint density at radius 3 is 1.90 bits per heavy atom. The van der Waals surface area contributed by atoms with E-state index < -0.39 is 0 Å². The van der Waals surface area contributed by atoms with Crippen LogP contribution in [-0.4, -0.2) is 26.1 Å². The zero-order valence-corrected chi connectivity index (χ0v) is 22.4. The van der Waals surface area contributed by atoms with Crippen molar-refractivity contribution in [3.8, 4) is 22.5 Å². The van der Waals surface area contributed by atoms with Crippen molar-refractivity contribution in [3.05, 3.63) is 109 Å². The van der Waals surface area contributed by atoms with Crippen LogP contribution in [0.25, 0.3) is 22.5 Å². The maximum absolute atomic E-state index is 5.42. The summed E-state index contributed by atoms with van der Waals surface area (Å²) in [5.41, 5.74) is 7.12. The fourth-order valence-corrected chi connectivity index (χ4v) is 6.34. The summed E-state index contributed by atoms with van der Waals surface area (Å²) < 4.78 is 0. The van der Waals surface area contributed by atoms with Gasteiger partial charge in [-0.05, 0) is 54.4 Å². The van der Waals surface area contributed by atoms with Crippen LogP contribution in [0.2, 0.25) is 0 Å². The third-order valence-corrected chi connectivity index (χ3v) is 8.72. The van der Waals surface area contributed by atoms with Crippen molar-refractivity contribution < 1.29 is 0 Å². The summed E-state index contributed by atoms with van der Waals surface area (Å²) in [6.45, 7) is 7.08. The number of rotatable bonds is 4. The first-order chi connectivity index (χ1) is 19.1. The highest BCUT2D eigenvalue weighted by Crippen LogP contribution is 2.58. The lowest BCUT2D eigenvalue weighted by Gasteiger charge is -2.50. The van der Waals surface area contributed by atoms with Crippen molar-refractivity contribution >= 4 is 23.0 Å². The minimum absolute atomic E-state index is 0.00874. The van der Waals surface area contributed by atoms with Gasteiger partial charge in [-0.2, -0.15) is 0 Å². The van der Waals surface area contributed by atoms with Crippen LogP contribution in [0.15, 0.2) is 104 Å². The molecular formula is C33H30N6. The Morgan fingerprint density at radius 1 is 0.718 bits per heavy atom. The predicted molar refractivity (Wildman–Crippen MR) is 156 cm³/mol. The third-order valence-electron chi connectivity index (χ3n) is 8.72. The number of nitrogens with zero attached hydrogens (tertiary/aromatic N) is 6. The van der Waals surface area contributed by atoms with E-state index in [2.05, 4.69) is 95.1 Å². The minimum atomic E-state index is -0.00874. The van der Waals surface area contributed by atoms with E-state index in [-0.39, 0.29) is 17.5 Å². The molecule has 3 atom stereocenters. The topological polar surface area (TPSA) is 58.0 Å². The number of fused-ring (bicyclic) bond motifs is 5. The van der Waals surface area contributed by atoms with Gasteiger partial charge in [0.2, 0.25) is 0 Å². The standard InChI is InChI=1S/C33H30N6/c1-4-33(3)22(2)32-38(25-14-6-5-7-15-25)30-31(39(32)27-17-9-8-16-26(27)33)37-29(24-13-11-19-35-21-24)28(36-30)23-12-10-18-34-20-23/h5-22,32H,4H2,1-3H3. The average Bonchev–Trinajstić information content (AvgIpc) is 3.35. The molecule has 3 aromatic heterocycles. The van der Waals surface area contributed by atoms with E-state index in [0.717, 1.165) is 46.3 Å². The first-order valence-corrected chi connectivity index (χ1v) is 13.6. The lowest BCUT2D eigenvalue weighted by molar-refractivity contribution is 0.249. The Hall–Kier alpha value is -4.58. The second-order valence-electron chi connectivity index (χ2n) is 10.6. The molecule has 0 amide bonds. The quantitative estimate of drug-likeness (QED) is 0.249. The van der Waals surface area contributed by atoms with Crippen LogP contribution >= 0.6 is 0 Å². The summed E-state index contributed by atoms with van der Waals surface area (Å²) in [4.78, 5) is 24.5. The maximum atomic E-state index is 5.42. The first-order valence-electron chi connectivity index (χ1n) is 13.6. The second kappa shape index (κ2) is 9.02. The van der Waals surface area contributed by atoms with E-state index in [1.54, 1.807) is 12.4 Å². The van der Waals surface area contributed by atoms with Gasteiger partial charge >= 0.3 is 0 Å². The van der Waals surface area contributed by atoms with Gasteiger partial charge in [0.15, 0.2) is 11.6 Å². The van der Waals surface area contributed by atoms with Gasteiger partial charge in [-0.1, -0.05) is 57.2 Å². The van der Waals surface area contributed by atoms with Gasteiger partial charge in [-0.25, -0.2) is 9.97 Å². The van der Waals surface area contributed by atoms with Crippen molar-refractivity contribution in [1.29, 1.82) is 0 Å². The fraction of sp³-hybridized carbons (Fsp3) is 0.212. The third kappa shape index (κ3) is 3.48. The highest BCUT2D eigenvalue weighted by molar-refractivity contribution is 5.90. The van der Waals surface area contributed by atoms with E-state index in [0.29, 0.717) is 0 Å². The van der Waals surface area contributed by atoms with Crippen molar-refractivity contribution in [2.45, 2.75) is 38.8 Å². The lowest BCUT2D eigenvalue weighted by Crippen LogP contribution is -2.54. The van der Waals surface area contributed by atoms with Crippen LogP contribution < -0.4 is 9.80 Å². The monoisotopic (exact) mass is 510 g/mol. The van der Waals surface area contributed by atoms with Gasteiger partial charge in [-0.3, -0.25) is 9.97 Å². The van der Waals surface area contributed by atoms with E-state index in [1.807, 2.05) is 36.7 Å². The van der Waals surface area contributed by atoms with Gasteiger partial charge in [0.1, 0.15) is 17.6 Å². The predicted octanol–water partition coefficient (Wildman–Crippen LogP) is 7.53. The fourth-order valence-electron chi connectivity index (χ4n) is 6.34. The molecule has 7 rings (SSSR count). The average molecular weight is 511 g/mol. The summed E-state index contributed by atoms with van der Waals surface area (Å²) >= 11 is 0. The zero-order chi connectivity index (χ0) is 26.6. The maximum Gasteiger partial charge on any atom is 0.179 e. The summed E-state index contributed by atoms with van der Waals surface area (Å²) in [6, 6.07) is 27.4. The van der Waals surface area contributed by atoms with Gasteiger partial charge in [-0.15, -0.1) is 0 Å². The van der Waals surface area contributed by atoms with E-state index in [4.69, 9.17) is 9.97 Å². The highest BCUT2D eigenvalue weighted by Gasteiger charge is 2.53. The van der Waals surface area contributed by atoms with Gasteiger partial charge in [0.05, 0.1) is 0 Å². The Morgan fingerprint density at radius 2 is 1.31 bits per heavy atom. The number of aromatic nitrogens is 4. The summed E-state index contributed by atoms with van der Waals surface area (Å²) in [5.74, 6) is 2.02. The Balaban J connectivity index is 1.56. The molecule has 39 heavy (non-hydrogen) atoms. The van der Waals surface area contributed by atoms with Crippen LogP contribution in [0.4, 0.5) is 23.0 Å². The molecule has 3 unspecified atom stereocenters. The number of anilines is 4. The molecule has 0 spiro atoms. The molecular weight excluding hydrogens is 480 g/mol. The molecule has 0 saturated carbocycles. The number of pyridine rings is 2. The molecule has 6 heteroatoms. The largest absolute Gasteiger partial charge is 0.302 e. The van der Waals surface area contributed by atoms with Crippen LogP contribution in [0.1, 0.15) is 32.8 Å². The summed E-state index contributed by atoms with van der Waals surface area (Å²) in [7, 11) is 0. The molecule has 2 aromatic carbocycles. The van der Waals surface area contributed by atoms with Crippen molar-refractivity contribution in [2.24, 2.45) is 5.92 Å². The smallest absolute Gasteiger partial charge is 0.179 e. The number of para-hydroxylation sites is 2. The molecule has 0 fully saturated rings. The van der Waals surface area contributed by atoms with Crippen molar-refractivity contribution in [1.82, 2.24) is 19.9 Å². The van der Waals surface area contributed by atoms with Crippen LogP contribution in [-0.2, 0) is 5.41 Å². The molecule has 0 N–H and O–H groups in total. The molecule has 0 bridgehead atoms. The second-order valence-corrected chi connectivity index (χ2v) is 10.6. The van der Waals surface area contributed by atoms with E-state index in [9.17, 15) is 0 Å². The van der Waals surface area contributed by atoms with Gasteiger partial charge in [0, 0.05) is 58.6 Å². The molecule has 2 aliphatic heterocycles. The lowest BCUT2D eigenvalue weighted by atomic mass is 9.66. The van der Waals surface area contributed by atoms with Crippen LogP contribution in [0.3, 0.4) is 0 Å². The summed E-state index contributed by atoms with van der Waals surface area (Å²) in [5, 5.41) is 0. The molecule has 5 aromatic rings. The van der Waals surface area contributed by atoms with E-state index in [1.165, 1.54) is 11.3 Å². The number of hydrogen-bond donors (Lipinski definition) is 0. The van der Waals surface area contributed by atoms with Gasteiger partial charge < -0.3 is 9.80 Å². The SMILES string of the molecule is CCC1(C)c2ccccc2N2c3nc(-c4cccnc4)c(-c4cccnc4)nc3N(c3ccccc3)C2C1C. The van der Waals surface area contributed by atoms with Crippen molar-refractivity contribution in [3.63, 3.8) is 0 Å².